The Balaban J connectivity index is 1.96. The first kappa shape index (κ1) is 20.8. The van der Waals surface area contributed by atoms with Crippen molar-refractivity contribution in [3.05, 3.63) is 70.3 Å². The predicted molar refractivity (Wildman–Crippen MR) is 107 cm³/mol. The number of nitro groups is 1. The number of hydrogen-bond donors (Lipinski definition) is 2. The molecule has 0 spiro atoms. The largest absolute Gasteiger partial charge is 0.493 e. The molecular weight excluding hydrogens is 362 g/mol. The van der Waals surface area contributed by atoms with Crippen LogP contribution in [0.1, 0.15) is 15.9 Å². The van der Waals surface area contributed by atoms with Crippen LogP contribution in [0.25, 0.3) is 0 Å². The van der Waals surface area contributed by atoms with E-state index in [0.29, 0.717) is 36.6 Å². The summed E-state index contributed by atoms with van der Waals surface area (Å²) in [5, 5.41) is 16.6. The number of nitro benzene ring substituents is 1. The molecule has 0 aromatic heterocycles. The Labute approximate surface area is 163 Å². The SMILES string of the molecule is C=CCc1cc(C(=O)NCCNc2ccc([N+](=O)[O-])cc2)cc(OC)c1OC. The molecule has 8 heteroatoms. The van der Waals surface area contributed by atoms with Crippen molar-refractivity contribution in [3.8, 4) is 11.5 Å². The Morgan fingerprint density at radius 3 is 2.46 bits per heavy atom. The summed E-state index contributed by atoms with van der Waals surface area (Å²) < 4.78 is 10.7. The van der Waals surface area contributed by atoms with E-state index in [1.165, 1.54) is 19.2 Å². The Kier molecular flexibility index (Phi) is 7.38. The van der Waals surface area contributed by atoms with Gasteiger partial charge in [0.1, 0.15) is 0 Å². The molecule has 2 aromatic rings. The number of rotatable bonds is 10. The number of nitrogens with zero attached hydrogens (tertiary/aromatic N) is 1. The van der Waals surface area contributed by atoms with Crippen LogP contribution in [-0.2, 0) is 6.42 Å². The highest BCUT2D eigenvalue weighted by molar-refractivity contribution is 5.95. The van der Waals surface area contributed by atoms with Gasteiger partial charge >= 0.3 is 0 Å². The van der Waals surface area contributed by atoms with Crippen molar-refractivity contribution >= 4 is 17.3 Å². The quantitative estimate of drug-likeness (QED) is 0.282. The number of benzene rings is 2. The fourth-order valence-corrected chi connectivity index (χ4v) is 2.67. The van der Waals surface area contributed by atoms with Crippen LogP contribution in [0.5, 0.6) is 11.5 Å². The van der Waals surface area contributed by atoms with Crippen LogP contribution >= 0.6 is 0 Å². The number of ether oxygens (including phenoxy) is 2. The van der Waals surface area contributed by atoms with Gasteiger partial charge in [0, 0.05) is 42.0 Å². The molecule has 0 atom stereocenters. The predicted octanol–water partition coefficient (Wildman–Crippen LogP) is 3.18. The molecule has 28 heavy (non-hydrogen) atoms. The van der Waals surface area contributed by atoms with Gasteiger partial charge in [-0.25, -0.2) is 0 Å². The van der Waals surface area contributed by atoms with E-state index in [1.807, 2.05) is 0 Å². The van der Waals surface area contributed by atoms with Gasteiger partial charge < -0.3 is 20.1 Å². The highest BCUT2D eigenvalue weighted by Gasteiger charge is 2.15. The molecule has 8 nitrogen and oxygen atoms in total. The van der Waals surface area contributed by atoms with Crippen LogP contribution in [0.15, 0.2) is 49.1 Å². The summed E-state index contributed by atoms with van der Waals surface area (Å²) in [6.45, 7) is 4.57. The lowest BCUT2D eigenvalue weighted by Crippen LogP contribution is -2.28. The molecular formula is C20H23N3O5. The highest BCUT2D eigenvalue weighted by atomic mass is 16.6. The van der Waals surface area contributed by atoms with Crippen molar-refractivity contribution < 1.29 is 19.2 Å². The zero-order chi connectivity index (χ0) is 20.5. The second kappa shape index (κ2) is 9.96. The summed E-state index contributed by atoms with van der Waals surface area (Å²) in [6.07, 6.45) is 2.27. The summed E-state index contributed by atoms with van der Waals surface area (Å²) in [7, 11) is 3.07. The number of hydrogen-bond acceptors (Lipinski definition) is 6. The molecule has 0 unspecified atom stereocenters. The maximum Gasteiger partial charge on any atom is 0.269 e. The Bertz CT molecular complexity index is 850. The number of non-ortho nitro benzene ring substituents is 1. The first-order valence-electron chi connectivity index (χ1n) is 8.62. The van der Waals surface area contributed by atoms with Crippen molar-refractivity contribution in [1.82, 2.24) is 5.32 Å². The van der Waals surface area contributed by atoms with Crippen LogP contribution in [0, 0.1) is 10.1 Å². The van der Waals surface area contributed by atoms with Crippen molar-refractivity contribution in [2.24, 2.45) is 0 Å². The Morgan fingerprint density at radius 1 is 1.18 bits per heavy atom. The zero-order valence-electron chi connectivity index (χ0n) is 15.9. The van der Waals surface area contributed by atoms with Gasteiger partial charge in [0.15, 0.2) is 11.5 Å². The molecule has 1 amide bonds. The van der Waals surface area contributed by atoms with Gasteiger partial charge in [0.2, 0.25) is 0 Å². The van der Waals surface area contributed by atoms with E-state index in [4.69, 9.17) is 9.47 Å². The molecule has 0 bridgehead atoms. The molecule has 0 aliphatic carbocycles. The van der Waals surface area contributed by atoms with Crippen molar-refractivity contribution in [1.29, 1.82) is 0 Å². The third-order valence-corrected chi connectivity index (χ3v) is 4.00. The molecule has 0 radical (unpaired) electrons. The van der Waals surface area contributed by atoms with E-state index >= 15 is 0 Å². The molecule has 148 valence electrons. The number of amides is 1. The molecule has 2 rings (SSSR count). The minimum Gasteiger partial charge on any atom is -0.493 e. The number of allylic oxidation sites excluding steroid dienone is 1. The third-order valence-electron chi connectivity index (χ3n) is 4.00. The second-order valence-electron chi connectivity index (χ2n) is 5.85. The summed E-state index contributed by atoms with van der Waals surface area (Å²) in [6, 6.07) is 9.47. The minimum atomic E-state index is -0.451. The van der Waals surface area contributed by atoms with Crippen LogP contribution in [-0.4, -0.2) is 38.1 Å². The standard InChI is InChI=1S/C20H23N3O5/c1-4-5-14-12-15(13-18(27-2)19(14)28-3)20(24)22-11-10-21-16-6-8-17(9-7-16)23(25)26/h4,6-9,12-13,21H,1,5,10-11H2,2-3H3,(H,22,24). The third kappa shape index (κ3) is 5.23. The smallest absolute Gasteiger partial charge is 0.269 e. The van der Waals surface area contributed by atoms with Crippen molar-refractivity contribution in [2.75, 3.05) is 32.6 Å². The van der Waals surface area contributed by atoms with Gasteiger partial charge in [0.25, 0.3) is 11.6 Å². The van der Waals surface area contributed by atoms with Gasteiger partial charge in [-0.05, 0) is 30.7 Å². The molecule has 0 fully saturated rings. The van der Waals surface area contributed by atoms with Crippen molar-refractivity contribution in [3.63, 3.8) is 0 Å². The maximum atomic E-state index is 12.5. The van der Waals surface area contributed by atoms with Gasteiger partial charge in [-0.15, -0.1) is 6.58 Å². The van der Waals surface area contributed by atoms with Gasteiger partial charge in [0.05, 0.1) is 19.1 Å². The van der Waals surface area contributed by atoms with E-state index in [1.54, 1.807) is 37.5 Å². The molecule has 0 saturated heterocycles. The first-order valence-corrected chi connectivity index (χ1v) is 8.62. The van der Waals surface area contributed by atoms with Crippen LogP contribution in [0.3, 0.4) is 0 Å². The lowest BCUT2D eigenvalue weighted by Gasteiger charge is -2.14. The summed E-state index contributed by atoms with van der Waals surface area (Å²) in [4.78, 5) is 22.7. The van der Waals surface area contributed by atoms with Crippen molar-refractivity contribution in [2.45, 2.75) is 6.42 Å². The average molecular weight is 385 g/mol. The average Bonchev–Trinajstić information content (AvgIpc) is 2.70. The minimum absolute atomic E-state index is 0.0302. The number of nitrogens with one attached hydrogen (secondary N) is 2. The number of methoxy groups -OCH3 is 2. The number of carbonyl (C=O) groups is 1. The maximum absolute atomic E-state index is 12.5. The van der Waals surface area contributed by atoms with Gasteiger partial charge in [-0.1, -0.05) is 6.08 Å². The molecule has 0 aliphatic heterocycles. The van der Waals surface area contributed by atoms with Crippen LogP contribution in [0.2, 0.25) is 0 Å². The fourth-order valence-electron chi connectivity index (χ4n) is 2.67. The highest BCUT2D eigenvalue weighted by Crippen LogP contribution is 2.33. The second-order valence-corrected chi connectivity index (χ2v) is 5.85. The summed E-state index contributed by atoms with van der Waals surface area (Å²) in [5.74, 6) is 0.826. The molecule has 0 saturated carbocycles. The van der Waals surface area contributed by atoms with Crippen LogP contribution < -0.4 is 20.1 Å². The normalized spacial score (nSPS) is 10.1. The monoisotopic (exact) mass is 385 g/mol. The summed E-state index contributed by atoms with van der Waals surface area (Å²) in [5.41, 5.74) is 2.04. The molecule has 0 aliphatic rings. The topological polar surface area (TPSA) is 103 Å². The lowest BCUT2D eigenvalue weighted by molar-refractivity contribution is -0.384. The molecule has 2 aromatic carbocycles. The Hall–Kier alpha value is -3.55. The fraction of sp³-hybridized carbons (Fsp3) is 0.250. The lowest BCUT2D eigenvalue weighted by atomic mass is 10.0. The van der Waals surface area contributed by atoms with E-state index in [2.05, 4.69) is 17.2 Å². The Morgan fingerprint density at radius 2 is 1.89 bits per heavy atom. The van der Waals surface area contributed by atoms with Gasteiger partial charge in [-0.2, -0.15) is 0 Å². The molecule has 2 N–H and O–H groups in total. The van der Waals surface area contributed by atoms with E-state index < -0.39 is 4.92 Å². The zero-order valence-corrected chi connectivity index (χ0v) is 15.9. The summed E-state index contributed by atoms with van der Waals surface area (Å²) >= 11 is 0. The van der Waals surface area contributed by atoms with Crippen LogP contribution in [0.4, 0.5) is 11.4 Å². The van der Waals surface area contributed by atoms with E-state index in [9.17, 15) is 14.9 Å². The number of carbonyl (C=O) groups excluding carboxylic acids is 1. The van der Waals surface area contributed by atoms with E-state index in [0.717, 1.165) is 11.3 Å². The molecule has 0 heterocycles. The first-order chi connectivity index (χ1) is 13.5. The number of anilines is 1. The van der Waals surface area contributed by atoms with E-state index in [-0.39, 0.29) is 11.6 Å². The van der Waals surface area contributed by atoms with Gasteiger partial charge in [-0.3, -0.25) is 14.9 Å².